The van der Waals surface area contributed by atoms with Gasteiger partial charge in [0, 0.05) is 5.56 Å². The van der Waals surface area contributed by atoms with Gasteiger partial charge in [-0.1, -0.05) is 18.2 Å². The zero-order valence-corrected chi connectivity index (χ0v) is 17.8. The van der Waals surface area contributed by atoms with Gasteiger partial charge in [-0.15, -0.1) is 0 Å². The Bertz CT molecular complexity index is 1160. The number of nitrogens with one attached hydrogen (secondary N) is 2. The van der Waals surface area contributed by atoms with Crippen LogP contribution in [0.25, 0.3) is 11.1 Å². The number of anilines is 3. The second-order valence-corrected chi connectivity index (χ2v) is 8.08. The van der Waals surface area contributed by atoms with Crippen LogP contribution in [0.15, 0.2) is 60.7 Å². The number of hydrogen-bond acceptors (Lipinski definition) is 4. The molecule has 0 atom stereocenters. The minimum absolute atomic E-state index is 0.0482. The third-order valence-corrected chi connectivity index (χ3v) is 4.34. The summed E-state index contributed by atoms with van der Waals surface area (Å²) in [6.07, 6.45) is -0.707. The second-order valence-electron chi connectivity index (χ2n) is 8.08. The topological polar surface area (TPSA) is 93.5 Å². The van der Waals surface area contributed by atoms with Gasteiger partial charge in [-0.05, 0) is 74.4 Å². The third kappa shape index (κ3) is 5.81. The first-order valence-corrected chi connectivity index (χ1v) is 9.78. The van der Waals surface area contributed by atoms with Gasteiger partial charge in [0.25, 0.3) is 5.91 Å². The Morgan fingerprint density at radius 2 is 1.50 bits per heavy atom. The molecule has 0 aliphatic rings. The molecule has 0 radical (unpaired) electrons. The summed E-state index contributed by atoms with van der Waals surface area (Å²) in [5.41, 5.74) is 6.61. The van der Waals surface area contributed by atoms with Crippen molar-refractivity contribution in [1.29, 1.82) is 0 Å². The van der Waals surface area contributed by atoms with E-state index in [1.165, 1.54) is 24.3 Å². The Balaban J connectivity index is 1.95. The normalized spacial score (nSPS) is 11.0. The number of carbonyl (C=O) groups excluding carboxylic acids is 2. The van der Waals surface area contributed by atoms with Crippen molar-refractivity contribution >= 4 is 29.1 Å². The van der Waals surface area contributed by atoms with E-state index in [9.17, 15) is 18.4 Å². The van der Waals surface area contributed by atoms with Gasteiger partial charge in [0.05, 0.1) is 17.1 Å². The van der Waals surface area contributed by atoms with Crippen molar-refractivity contribution in [3.8, 4) is 11.1 Å². The molecule has 0 spiro atoms. The van der Waals surface area contributed by atoms with Crippen LogP contribution in [-0.2, 0) is 4.74 Å². The van der Waals surface area contributed by atoms with E-state index in [2.05, 4.69) is 10.6 Å². The van der Waals surface area contributed by atoms with E-state index in [0.29, 0.717) is 11.1 Å². The number of hydrogen-bond donors (Lipinski definition) is 3. The summed E-state index contributed by atoms with van der Waals surface area (Å²) in [7, 11) is 0. The summed E-state index contributed by atoms with van der Waals surface area (Å²) < 4.78 is 32.4. The molecule has 3 rings (SSSR count). The van der Waals surface area contributed by atoms with E-state index in [1.807, 2.05) is 0 Å². The first kappa shape index (κ1) is 22.7. The maximum atomic E-state index is 13.8. The van der Waals surface area contributed by atoms with Crippen molar-refractivity contribution in [3.05, 3.63) is 77.9 Å². The van der Waals surface area contributed by atoms with Crippen LogP contribution in [0, 0.1) is 11.6 Å². The lowest BCUT2D eigenvalue weighted by atomic mass is 10.0. The van der Waals surface area contributed by atoms with Crippen molar-refractivity contribution in [1.82, 2.24) is 0 Å². The first-order valence-electron chi connectivity index (χ1n) is 9.78. The highest BCUT2D eigenvalue weighted by Gasteiger charge is 2.19. The Hall–Kier alpha value is -3.94. The molecule has 0 heterocycles. The smallest absolute Gasteiger partial charge is 0.412 e. The molecular weight excluding hydrogens is 416 g/mol. The summed E-state index contributed by atoms with van der Waals surface area (Å²) in [6.45, 7) is 5.17. The molecule has 0 saturated carbocycles. The van der Waals surface area contributed by atoms with Crippen molar-refractivity contribution in [2.75, 3.05) is 16.4 Å². The van der Waals surface area contributed by atoms with Crippen molar-refractivity contribution in [3.63, 3.8) is 0 Å². The Labute approximate surface area is 184 Å². The molecule has 0 unspecified atom stereocenters. The zero-order valence-electron chi connectivity index (χ0n) is 17.8. The molecule has 0 fully saturated rings. The average molecular weight is 439 g/mol. The van der Waals surface area contributed by atoms with Crippen molar-refractivity contribution < 1.29 is 23.1 Å². The summed E-state index contributed by atoms with van der Waals surface area (Å²) in [6, 6.07) is 14.4. The van der Waals surface area contributed by atoms with Gasteiger partial charge >= 0.3 is 6.09 Å². The molecule has 0 aliphatic heterocycles. The minimum Gasteiger partial charge on any atom is -0.444 e. The molecule has 3 aromatic rings. The fourth-order valence-electron chi connectivity index (χ4n) is 2.85. The predicted molar refractivity (Wildman–Crippen MR) is 120 cm³/mol. The number of halogens is 2. The maximum absolute atomic E-state index is 13.8. The van der Waals surface area contributed by atoms with Crippen LogP contribution in [-0.4, -0.2) is 17.6 Å². The van der Waals surface area contributed by atoms with Crippen LogP contribution >= 0.6 is 0 Å². The maximum Gasteiger partial charge on any atom is 0.412 e. The Morgan fingerprint density at radius 1 is 0.844 bits per heavy atom. The van der Waals surface area contributed by atoms with Crippen LogP contribution < -0.4 is 16.4 Å². The number of nitrogens with two attached hydrogens (primary N) is 1. The zero-order chi connectivity index (χ0) is 23.5. The molecule has 32 heavy (non-hydrogen) atoms. The summed E-state index contributed by atoms with van der Waals surface area (Å²) in [5, 5.41) is 5.27. The van der Waals surface area contributed by atoms with Gasteiger partial charge in [0.15, 0.2) is 0 Å². The molecular formula is C24H23F2N3O3. The minimum atomic E-state index is -0.719. The number of ether oxygens (including phenoxy) is 1. The first-order chi connectivity index (χ1) is 15.0. The van der Waals surface area contributed by atoms with Gasteiger partial charge in [-0.25, -0.2) is 13.6 Å². The molecule has 0 aliphatic carbocycles. The molecule has 4 N–H and O–H groups in total. The standard InChI is InChI=1S/C24H23F2N3O3/c1-24(2,3)32-23(31)29-20-11-7-15(14-4-8-17(25)9-5-14)13-21(20)28-22(30)16-6-10-19(27)18(26)12-16/h4-13H,27H2,1-3H3,(H,28,30)(H,29,31). The number of amides is 2. The molecule has 6 nitrogen and oxygen atoms in total. The van der Waals surface area contributed by atoms with Gasteiger partial charge in [0.1, 0.15) is 17.2 Å². The lowest BCUT2D eigenvalue weighted by Crippen LogP contribution is -2.27. The highest BCUT2D eigenvalue weighted by Crippen LogP contribution is 2.30. The van der Waals surface area contributed by atoms with Crippen molar-refractivity contribution in [2.45, 2.75) is 26.4 Å². The molecule has 2 amide bonds. The van der Waals surface area contributed by atoms with E-state index in [4.69, 9.17) is 10.5 Å². The summed E-state index contributed by atoms with van der Waals surface area (Å²) in [5.74, 6) is -1.70. The Morgan fingerprint density at radius 3 is 2.12 bits per heavy atom. The summed E-state index contributed by atoms with van der Waals surface area (Å²) >= 11 is 0. The Kier molecular flexibility index (Phi) is 6.43. The number of carbonyl (C=O) groups is 2. The van der Waals surface area contributed by atoms with E-state index in [1.54, 1.807) is 51.1 Å². The highest BCUT2D eigenvalue weighted by atomic mass is 19.1. The van der Waals surface area contributed by atoms with Crippen molar-refractivity contribution in [2.24, 2.45) is 0 Å². The van der Waals surface area contributed by atoms with E-state index in [-0.39, 0.29) is 28.4 Å². The highest BCUT2D eigenvalue weighted by molar-refractivity contribution is 6.07. The second kappa shape index (κ2) is 9.05. The van der Waals surface area contributed by atoms with Gasteiger partial charge in [0.2, 0.25) is 0 Å². The lowest BCUT2D eigenvalue weighted by Gasteiger charge is -2.21. The fourth-order valence-corrected chi connectivity index (χ4v) is 2.85. The molecule has 8 heteroatoms. The van der Waals surface area contributed by atoms with Crippen LogP contribution in [0.3, 0.4) is 0 Å². The molecule has 3 aromatic carbocycles. The van der Waals surface area contributed by atoms with E-state index >= 15 is 0 Å². The van der Waals surface area contributed by atoms with Crippen LogP contribution in [0.1, 0.15) is 31.1 Å². The number of benzene rings is 3. The number of rotatable bonds is 4. The van der Waals surface area contributed by atoms with Crippen LogP contribution in [0.5, 0.6) is 0 Å². The monoisotopic (exact) mass is 439 g/mol. The largest absolute Gasteiger partial charge is 0.444 e. The molecule has 166 valence electrons. The molecule has 0 saturated heterocycles. The fraction of sp³-hybridized carbons (Fsp3) is 0.167. The SMILES string of the molecule is CC(C)(C)OC(=O)Nc1ccc(-c2ccc(F)cc2)cc1NC(=O)c1ccc(N)c(F)c1. The molecule has 0 bridgehead atoms. The van der Waals surface area contributed by atoms with Crippen LogP contribution in [0.2, 0.25) is 0 Å². The number of nitrogen functional groups attached to an aromatic ring is 1. The van der Waals surface area contributed by atoms with Gasteiger partial charge in [-0.3, -0.25) is 10.1 Å². The van der Waals surface area contributed by atoms with Gasteiger partial charge < -0.3 is 15.8 Å². The molecule has 0 aromatic heterocycles. The van der Waals surface area contributed by atoms with E-state index in [0.717, 1.165) is 6.07 Å². The third-order valence-electron chi connectivity index (χ3n) is 4.34. The van der Waals surface area contributed by atoms with Gasteiger partial charge in [-0.2, -0.15) is 0 Å². The predicted octanol–water partition coefficient (Wildman–Crippen LogP) is 5.81. The summed E-state index contributed by atoms with van der Waals surface area (Å²) in [4.78, 5) is 25.0. The average Bonchev–Trinajstić information content (AvgIpc) is 2.70. The van der Waals surface area contributed by atoms with Crippen LogP contribution in [0.4, 0.5) is 30.6 Å². The quantitative estimate of drug-likeness (QED) is 0.447. The lowest BCUT2D eigenvalue weighted by molar-refractivity contribution is 0.0635. The van der Waals surface area contributed by atoms with E-state index < -0.39 is 23.4 Å².